The number of aromatic nitrogens is 1. The van der Waals surface area contributed by atoms with Gasteiger partial charge in [-0.05, 0) is 41.8 Å². The Morgan fingerprint density at radius 3 is 3.06 bits per heavy atom. The Bertz CT molecular complexity index is 437. The summed E-state index contributed by atoms with van der Waals surface area (Å²) < 4.78 is 0.770. The Morgan fingerprint density at radius 2 is 2.47 bits per heavy atom. The molecule has 1 unspecified atom stereocenters. The summed E-state index contributed by atoms with van der Waals surface area (Å²) in [6, 6.07) is 2.03. The van der Waals surface area contributed by atoms with Crippen LogP contribution in [0.5, 0.6) is 0 Å². The molecule has 0 saturated carbocycles. The number of hydrogen-bond acceptors (Lipinski definition) is 4. The van der Waals surface area contributed by atoms with Crippen LogP contribution in [0.4, 0.5) is 5.82 Å². The van der Waals surface area contributed by atoms with Gasteiger partial charge in [-0.3, -0.25) is 4.79 Å². The van der Waals surface area contributed by atoms with Gasteiger partial charge in [0.05, 0.1) is 5.56 Å². The smallest absolute Gasteiger partial charge is 0.257 e. The highest BCUT2D eigenvalue weighted by Gasteiger charge is 2.27. The van der Waals surface area contributed by atoms with Gasteiger partial charge in [0, 0.05) is 23.3 Å². The minimum atomic E-state index is -0.0169. The lowest BCUT2D eigenvalue weighted by atomic mass is 10.2. The highest BCUT2D eigenvalue weighted by atomic mass is 79.9. The van der Waals surface area contributed by atoms with Crippen molar-refractivity contribution < 1.29 is 4.79 Å². The Morgan fingerprint density at radius 1 is 1.71 bits per heavy atom. The lowest BCUT2D eigenvalue weighted by molar-refractivity contribution is 0.0748. The molecule has 3 N–H and O–H groups in total. The molecule has 1 aliphatic rings. The van der Waals surface area contributed by atoms with E-state index in [1.165, 1.54) is 0 Å². The number of pyridine rings is 1. The Kier molecular flexibility index (Phi) is 3.63. The van der Waals surface area contributed by atoms with Gasteiger partial charge < -0.3 is 10.3 Å². The monoisotopic (exact) mass is 298 g/mol. The summed E-state index contributed by atoms with van der Waals surface area (Å²) in [5.74, 6) is 5.77. The van der Waals surface area contributed by atoms with Gasteiger partial charge in [0.25, 0.3) is 5.91 Å². The van der Waals surface area contributed by atoms with E-state index in [9.17, 15) is 4.79 Å². The average molecular weight is 299 g/mol. The molecule has 2 heterocycles. The molecule has 1 aromatic rings. The van der Waals surface area contributed by atoms with Crippen molar-refractivity contribution in [1.82, 2.24) is 9.88 Å². The van der Waals surface area contributed by atoms with Gasteiger partial charge in [-0.1, -0.05) is 0 Å². The van der Waals surface area contributed by atoms with E-state index in [-0.39, 0.29) is 11.9 Å². The zero-order chi connectivity index (χ0) is 12.4. The van der Waals surface area contributed by atoms with Crippen LogP contribution in [-0.2, 0) is 0 Å². The number of rotatable bonds is 2. The van der Waals surface area contributed by atoms with Gasteiger partial charge in [-0.15, -0.1) is 0 Å². The zero-order valence-electron chi connectivity index (χ0n) is 9.61. The second-order valence-electron chi connectivity index (χ2n) is 4.18. The first kappa shape index (κ1) is 12.3. The third-order valence-corrected chi connectivity index (χ3v) is 3.47. The van der Waals surface area contributed by atoms with Gasteiger partial charge in [0.15, 0.2) is 5.82 Å². The molecule has 5 nitrogen and oxygen atoms in total. The molecule has 1 aromatic heterocycles. The summed E-state index contributed by atoms with van der Waals surface area (Å²) in [6.45, 7) is 2.86. The quantitative estimate of drug-likeness (QED) is 0.645. The molecule has 0 spiro atoms. The number of hydrazine groups is 1. The number of halogens is 1. The largest absolute Gasteiger partial charge is 0.336 e. The van der Waals surface area contributed by atoms with Crippen molar-refractivity contribution in [3.8, 4) is 0 Å². The van der Waals surface area contributed by atoms with Crippen molar-refractivity contribution in [1.29, 1.82) is 0 Å². The van der Waals surface area contributed by atoms with Crippen molar-refractivity contribution in [2.24, 2.45) is 5.84 Å². The van der Waals surface area contributed by atoms with Crippen LogP contribution < -0.4 is 11.3 Å². The van der Waals surface area contributed by atoms with Crippen LogP contribution >= 0.6 is 15.9 Å². The maximum atomic E-state index is 12.4. The van der Waals surface area contributed by atoms with E-state index < -0.39 is 0 Å². The van der Waals surface area contributed by atoms with Crippen molar-refractivity contribution >= 4 is 27.7 Å². The van der Waals surface area contributed by atoms with Crippen molar-refractivity contribution in [2.75, 3.05) is 12.0 Å². The molecule has 2 rings (SSSR count). The molecule has 0 aliphatic carbocycles. The number of likely N-dealkylation sites (tertiary alicyclic amines) is 1. The number of amides is 1. The third kappa shape index (κ3) is 2.42. The lowest BCUT2D eigenvalue weighted by Gasteiger charge is -2.22. The van der Waals surface area contributed by atoms with Gasteiger partial charge in [0.2, 0.25) is 0 Å². The molecule has 0 bridgehead atoms. The third-order valence-electron chi connectivity index (χ3n) is 3.04. The molecule has 92 valence electrons. The van der Waals surface area contributed by atoms with E-state index in [1.807, 2.05) is 4.90 Å². The van der Waals surface area contributed by atoms with Crippen molar-refractivity contribution in [3.63, 3.8) is 0 Å². The molecule has 6 heteroatoms. The minimum Gasteiger partial charge on any atom is -0.336 e. The second-order valence-corrected chi connectivity index (χ2v) is 5.10. The molecule has 1 aliphatic heterocycles. The summed E-state index contributed by atoms with van der Waals surface area (Å²) in [5.41, 5.74) is 2.97. The number of nitrogens with one attached hydrogen (secondary N) is 1. The predicted octanol–water partition coefficient (Wildman–Crippen LogP) is 1.75. The first-order valence-electron chi connectivity index (χ1n) is 5.56. The Balaban J connectivity index is 2.32. The summed E-state index contributed by atoms with van der Waals surface area (Å²) in [7, 11) is 0. The number of nitrogens with two attached hydrogens (primary N) is 1. The molecule has 1 amide bonds. The standard InChI is InChI=1S/C11H15BrN4O/c1-7-3-2-4-16(7)11(17)9-5-8(12)6-14-10(9)15-13/h5-7H,2-4,13H2,1H3,(H,14,15). The first-order chi connectivity index (χ1) is 8.13. The molecular formula is C11H15BrN4O. The number of carbonyl (C=O) groups excluding carboxylic acids is 1. The number of nitrogens with zero attached hydrogens (tertiary/aromatic N) is 2. The number of hydrogen-bond donors (Lipinski definition) is 2. The van der Waals surface area contributed by atoms with E-state index in [2.05, 4.69) is 33.3 Å². The maximum Gasteiger partial charge on any atom is 0.257 e. The lowest BCUT2D eigenvalue weighted by Crippen LogP contribution is -2.34. The summed E-state index contributed by atoms with van der Waals surface area (Å²) in [4.78, 5) is 18.3. The summed E-state index contributed by atoms with van der Waals surface area (Å²) >= 11 is 3.32. The highest BCUT2D eigenvalue weighted by Crippen LogP contribution is 2.24. The van der Waals surface area contributed by atoms with Crippen LogP contribution in [0.15, 0.2) is 16.7 Å². The molecule has 1 saturated heterocycles. The van der Waals surface area contributed by atoms with Crippen LogP contribution in [0.25, 0.3) is 0 Å². The summed E-state index contributed by atoms with van der Waals surface area (Å²) in [5, 5.41) is 0. The van der Waals surface area contributed by atoms with E-state index in [0.29, 0.717) is 11.4 Å². The Labute approximate surface area is 108 Å². The number of anilines is 1. The SMILES string of the molecule is CC1CCCN1C(=O)c1cc(Br)cnc1NN. The topological polar surface area (TPSA) is 71.2 Å². The van der Waals surface area contributed by atoms with E-state index in [0.717, 1.165) is 23.9 Å². The molecule has 0 radical (unpaired) electrons. The fourth-order valence-corrected chi connectivity index (χ4v) is 2.44. The second kappa shape index (κ2) is 5.01. The van der Waals surface area contributed by atoms with Gasteiger partial charge >= 0.3 is 0 Å². The van der Waals surface area contributed by atoms with Crippen LogP contribution in [0.3, 0.4) is 0 Å². The van der Waals surface area contributed by atoms with E-state index in [4.69, 9.17) is 5.84 Å². The molecular weight excluding hydrogens is 284 g/mol. The molecule has 1 fully saturated rings. The fraction of sp³-hybridized carbons (Fsp3) is 0.455. The molecule has 1 atom stereocenters. The minimum absolute atomic E-state index is 0.0169. The molecule has 17 heavy (non-hydrogen) atoms. The van der Waals surface area contributed by atoms with E-state index in [1.54, 1.807) is 12.3 Å². The van der Waals surface area contributed by atoms with E-state index >= 15 is 0 Å². The van der Waals surface area contributed by atoms with Crippen molar-refractivity contribution in [3.05, 3.63) is 22.3 Å². The van der Waals surface area contributed by atoms with Crippen LogP contribution in [0, 0.1) is 0 Å². The fourth-order valence-electron chi connectivity index (χ4n) is 2.11. The van der Waals surface area contributed by atoms with Gasteiger partial charge in [-0.2, -0.15) is 0 Å². The average Bonchev–Trinajstić information content (AvgIpc) is 2.74. The predicted molar refractivity (Wildman–Crippen MR) is 69.5 cm³/mol. The normalized spacial score (nSPS) is 19.5. The number of nitrogen functional groups attached to an aromatic ring is 1. The zero-order valence-corrected chi connectivity index (χ0v) is 11.2. The van der Waals surface area contributed by atoms with Crippen LogP contribution in [0.2, 0.25) is 0 Å². The summed E-state index contributed by atoms with van der Waals surface area (Å²) in [6.07, 6.45) is 3.72. The van der Waals surface area contributed by atoms with Crippen molar-refractivity contribution in [2.45, 2.75) is 25.8 Å². The van der Waals surface area contributed by atoms with Crippen LogP contribution in [0.1, 0.15) is 30.1 Å². The maximum absolute atomic E-state index is 12.4. The first-order valence-corrected chi connectivity index (χ1v) is 6.36. The number of carbonyl (C=O) groups is 1. The van der Waals surface area contributed by atoms with Gasteiger partial charge in [-0.25, -0.2) is 10.8 Å². The van der Waals surface area contributed by atoms with Crippen LogP contribution in [-0.4, -0.2) is 28.4 Å². The van der Waals surface area contributed by atoms with Gasteiger partial charge in [0.1, 0.15) is 0 Å². The highest BCUT2D eigenvalue weighted by molar-refractivity contribution is 9.10. The molecule has 0 aromatic carbocycles. The Hall–Kier alpha value is -1.14.